The number of fused-ring (bicyclic) bond motifs is 7. The highest BCUT2D eigenvalue weighted by atomic mass is 14.8. The molecule has 0 spiro atoms. The van der Waals surface area contributed by atoms with E-state index in [2.05, 4.69) is 54.6 Å². The molecule has 0 radical (unpaired) electrons. The smallest absolute Gasteiger partial charge is 0.101 e. The quantitative estimate of drug-likeness (QED) is 0.590. The molecule has 1 aliphatic carbocycles. The molecule has 1 heterocycles. The lowest BCUT2D eigenvalue weighted by Crippen LogP contribution is -2.24. The Bertz CT molecular complexity index is 1190. The van der Waals surface area contributed by atoms with Crippen molar-refractivity contribution < 1.29 is 0 Å². The average Bonchev–Trinajstić information content (AvgIpc) is 2.71. The van der Waals surface area contributed by atoms with Crippen LogP contribution in [0.1, 0.15) is 33.7 Å². The zero-order valence-corrected chi connectivity index (χ0v) is 13.9. The Hall–Kier alpha value is -3.69. The van der Waals surface area contributed by atoms with E-state index >= 15 is 0 Å². The predicted molar refractivity (Wildman–Crippen MR) is 100 cm³/mol. The van der Waals surface area contributed by atoms with E-state index in [1.54, 1.807) is 6.07 Å². The van der Waals surface area contributed by atoms with Crippen molar-refractivity contribution in [2.24, 2.45) is 4.99 Å². The van der Waals surface area contributed by atoms with Crippen LogP contribution in [0, 0.1) is 22.7 Å². The van der Waals surface area contributed by atoms with E-state index in [1.807, 2.05) is 12.1 Å². The molecule has 0 aromatic heterocycles. The number of nitrogens with zero attached hydrogens (tertiary/aromatic N) is 3. The lowest BCUT2D eigenvalue weighted by molar-refractivity contribution is 0.854. The summed E-state index contributed by atoms with van der Waals surface area (Å²) in [5.41, 5.74) is 8.60. The van der Waals surface area contributed by atoms with Crippen LogP contribution in [0.15, 0.2) is 65.7 Å². The number of hydrogen-bond donors (Lipinski definition) is 0. The van der Waals surface area contributed by atoms with E-state index in [4.69, 9.17) is 4.99 Å². The van der Waals surface area contributed by atoms with Gasteiger partial charge in [-0.25, -0.2) is 0 Å². The molecule has 0 saturated heterocycles. The maximum atomic E-state index is 9.33. The van der Waals surface area contributed by atoms with Crippen molar-refractivity contribution >= 4 is 11.4 Å². The van der Waals surface area contributed by atoms with Crippen LogP contribution in [0.4, 0.5) is 5.69 Å². The summed E-state index contributed by atoms with van der Waals surface area (Å²) in [5, 5.41) is 18.7. The van der Waals surface area contributed by atoms with Gasteiger partial charge in [0.1, 0.15) is 12.1 Å². The van der Waals surface area contributed by atoms with Crippen LogP contribution in [0.2, 0.25) is 0 Å². The van der Waals surface area contributed by atoms with E-state index in [1.165, 1.54) is 16.7 Å². The summed E-state index contributed by atoms with van der Waals surface area (Å²) in [5.74, 6) is 0.174. The molecule has 3 heteroatoms. The zero-order valence-electron chi connectivity index (χ0n) is 13.9. The van der Waals surface area contributed by atoms with Crippen molar-refractivity contribution in [3.8, 4) is 23.3 Å². The molecule has 2 aliphatic rings. The molecule has 0 N–H and O–H groups in total. The molecule has 5 rings (SSSR count). The van der Waals surface area contributed by atoms with Gasteiger partial charge in [-0.3, -0.25) is 4.99 Å². The van der Waals surface area contributed by atoms with Crippen LogP contribution in [0.3, 0.4) is 0 Å². The Labute approximate surface area is 151 Å². The van der Waals surface area contributed by atoms with E-state index in [-0.39, 0.29) is 5.92 Å². The molecule has 26 heavy (non-hydrogen) atoms. The summed E-state index contributed by atoms with van der Waals surface area (Å²) in [6, 6.07) is 24.7. The van der Waals surface area contributed by atoms with Crippen molar-refractivity contribution in [3.63, 3.8) is 0 Å². The number of nitriles is 2. The van der Waals surface area contributed by atoms with Crippen LogP contribution in [0.25, 0.3) is 11.1 Å². The van der Waals surface area contributed by atoms with Crippen LogP contribution < -0.4 is 0 Å². The van der Waals surface area contributed by atoms with Gasteiger partial charge in [-0.15, -0.1) is 0 Å². The molecule has 3 aromatic rings. The first-order valence-corrected chi connectivity index (χ1v) is 8.54. The average molecular weight is 331 g/mol. The van der Waals surface area contributed by atoms with Gasteiger partial charge in [0, 0.05) is 11.5 Å². The van der Waals surface area contributed by atoms with Crippen molar-refractivity contribution in [2.45, 2.75) is 12.3 Å². The second-order valence-electron chi connectivity index (χ2n) is 6.64. The Morgan fingerprint density at radius 2 is 1.46 bits per heavy atom. The van der Waals surface area contributed by atoms with Crippen molar-refractivity contribution in [1.82, 2.24) is 0 Å². The Morgan fingerprint density at radius 1 is 0.808 bits per heavy atom. The molecular formula is C23H13N3. The van der Waals surface area contributed by atoms with E-state index in [0.717, 1.165) is 28.9 Å². The van der Waals surface area contributed by atoms with Crippen LogP contribution in [-0.4, -0.2) is 5.71 Å². The van der Waals surface area contributed by atoms with Gasteiger partial charge in [-0.1, -0.05) is 48.5 Å². The first-order chi connectivity index (χ1) is 12.8. The highest BCUT2D eigenvalue weighted by Gasteiger charge is 2.33. The summed E-state index contributed by atoms with van der Waals surface area (Å²) >= 11 is 0. The third-order valence-electron chi connectivity index (χ3n) is 5.28. The summed E-state index contributed by atoms with van der Waals surface area (Å²) in [7, 11) is 0. The van der Waals surface area contributed by atoms with Gasteiger partial charge in [0.05, 0.1) is 22.5 Å². The molecule has 3 nitrogen and oxygen atoms in total. The normalized spacial score (nSPS) is 16.1. The van der Waals surface area contributed by atoms with Gasteiger partial charge < -0.3 is 0 Å². The van der Waals surface area contributed by atoms with Gasteiger partial charge in [0.25, 0.3) is 0 Å². The van der Waals surface area contributed by atoms with Gasteiger partial charge in [0.15, 0.2) is 0 Å². The predicted octanol–water partition coefficient (Wildman–Crippen LogP) is 4.87. The second kappa shape index (κ2) is 5.41. The molecule has 3 aromatic carbocycles. The number of rotatable bonds is 0. The molecule has 0 saturated carbocycles. The maximum absolute atomic E-state index is 9.33. The van der Waals surface area contributed by atoms with Crippen LogP contribution in [0.5, 0.6) is 0 Å². The van der Waals surface area contributed by atoms with Gasteiger partial charge in [-0.05, 0) is 40.8 Å². The molecular weight excluding hydrogens is 318 g/mol. The third kappa shape index (κ3) is 1.95. The highest BCUT2D eigenvalue weighted by Crippen LogP contribution is 2.45. The Morgan fingerprint density at radius 3 is 2.23 bits per heavy atom. The fourth-order valence-electron chi connectivity index (χ4n) is 4.10. The molecule has 120 valence electrons. The fraction of sp³-hybridized carbons (Fsp3) is 0.0870. The topological polar surface area (TPSA) is 59.9 Å². The summed E-state index contributed by atoms with van der Waals surface area (Å²) in [6.07, 6.45) is 0.792. The molecule has 0 bridgehead atoms. The SMILES string of the molecule is N#Cc1cc2c(cc1C#N)N=C1c3ccccc3-c3ccccc3C1C2. The van der Waals surface area contributed by atoms with Gasteiger partial charge in [-0.2, -0.15) is 10.5 Å². The second-order valence-corrected chi connectivity index (χ2v) is 6.64. The monoisotopic (exact) mass is 331 g/mol. The van der Waals surface area contributed by atoms with Crippen LogP contribution in [-0.2, 0) is 6.42 Å². The summed E-state index contributed by atoms with van der Waals surface area (Å²) < 4.78 is 0. The zero-order chi connectivity index (χ0) is 17.7. The van der Waals surface area contributed by atoms with Crippen molar-refractivity contribution in [1.29, 1.82) is 10.5 Å². The molecule has 0 amide bonds. The number of benzene rings is 3. The molecule has 1 aliphatic heterocycles. The standard InChI is InChI=1S/C23H13N3/c24-12-15-9-14-10-21-19-7-2-1-5-17(19)18-6-3-4-8-20(18)23(21)26-22(14)11-16(15)13-25/h1-9,11,21H,10H2. The fourth-order valence-corrected chi connectivity index (χ4v) is 4.10. The van der Waals surface area contributed by atoms with Gasteiger partial charge >= 0.3 is 0 Å². The summed E-state index contributed by atoms with van der Waals surface area (Å²) in [4.78, 5) is 4.95. The number of hydrogen-bond acceptors (Lipinski definition) is 3. The lowest BCUT2D eigenvalue weighted by atomic mass is 9.73. The minimum atomic E-state index is 0.174. The van der Waals surface area contributed by atoms with E-state index in [0.29, 0.717) is 11.1 Å². The van der Waals surface area contributed by atoms with Crippen LogP contribution >= 0.6 is 0 Å². The highest BCUT2D eigenvalue weighted by molar-refractivity contribution is 6.15. The largest absolute Gasteiger partial charge is 0.252 e. The first kappa shape index (κ1) is 14.6. The molecule has 0 fully saturated rings. The lowest BCUT2D eigenvalue weighted by Gasteiger charge is -2.32. The van der Waals surface area contributed by atoms with Gasteiger partial charge in [0.2, 0.25) is 0 Å². The van der Waals surface area contributed by atoms with Crippen molar-refractivity contribution in [3.05, 3.63) is 88.5 Å². The van der Waals surface area contributed by atoms with E-state index in [9.17, 15) is 10.5 Å². The molecule has 1 atom stereocenters. The minimum Gasteiger partial charge on any atom is -0.252 e. The van der Waals surface area contributed by atoms with Crippen molar-refractivity contribution in [2.75, 3.05) is 0 Å². The first-order valence-electron chi connectivity index (χ1n) is 8.54. The number of aliphatic imine (C=N–C) groups is 1. The molecule has 1 unspecified atom stereocenters. The third-order valence-corrected chi connectivity index (χ3v) is 5.28. The Balaban J connectivity index is 1.80. The summed E-state index contributed by atoms with van der Waals surface area (Å²) in [6.45, 7) is 0. The van der Waals surface area contributed by atoms with E-state index < -0.39 is 0 Å². The Kier molecular flexibility index (Phi) is 3.05. The minimum absolute atomic E-state index is 0.174. The maximum Gasteiger partial charge on any atom is 0.101 e.